The molecule has 0 saturated heterocycles. The van der Waals surface area contributed by atoms with Gasteiger partial charge in [0.15, 0.2) is 0 Å². The molecule has 140 valence electrons. The fraction of sp³-hybridized carbons (Fsp3) is 0.833. The lowest BCUT2D eigenvalue weighted by atomic mass is 10.4. The lowest BCUT2D eigenvalue weighted by molar-refractivity contribution is 0.564. The van der Waals surface area contributed by atoms with Crippen LogP contribution in [0.3, 0.4) is 0 Å². The Morgan fingerprint density at radius 3 is 1.20 bits per heavy atom. The van der Waals surface area contributed by atoms with E-state index in [1.165, 1.54) is 0 Å². The average molecular weight is 383 g/mol. The molecule has 0 bridgehead atoms. The maximum atomic E-state index is 13.2. The Balaban J connectivity index is 4.87. The van der Waals surface area contributed by atoms with Crippen molar-refractivity contribution in [3.05, 3.63) is 0 Å². The van der Waals surface area contributed by atoms with Gasteiger partial charge in [-0.3, -0.25) is 0 Å². The van der Waals surface area contributed by atoms with Crippen LogP contribution in [0.5, 0.6) is 0 Å². The van der Waals surface area contributed by atoms with Crippen molar-refractivity contribution in [2.75, 3.05) is 37.0 Å². The van der Waals surface area contributed by atoms with E-state index in [1.54, 1.807) is 0 Å². The van der Waals surface area contributed by atoms with Gasteiger partial charge in [-0.05, 0) is 25.7 Å². The van der Waals surface area contributed by atoms with Crippen LogP contribution in [0.4, 0.5) is 0 Å². The number of hydrogen-bond acceptors (Lipinski definition) is 5. The SMILES string of the molecule is CCCCP(=O)(CCCC#N)CCP(=O)(CCCC#N)CCCC#N. The Kier molecular flexibility index (Phi) is 13.5. The fourth-order valence-corrected chi connectivity index (χ4v) is 10.2. The topological polar surface area (TPSA) is 106 Å². The second-order valence-electron chi connectivity index (χ2n) is 6.60. The van der Waals surface area contributed by atoms with Crippen molar-refractivity contribution in [2.24, 2.45) is 0 Å². The molecule has 0 rings (SSSR count). The van der Waals surface area contributed by atoms with Gasteiger partial charge in [-0.1, -0.05) is 13.3 Å². The van der Waals surface area contributed by atoms with Crippen molar-refractivity contribution >= 4 is 14.3 Å². The molecule has 7 heteroatoms. The second kappa shape index (κ2) is 14.1. The molecule has 0 aromatic rings. The van der Waals surface area contributed by atoms with Crippen LogP contribution < -0.4 is 0 Å². The summed E-state index contributed by atoms with van der Waals surface area (Å²) in [5, 5.41) is 26.1. The minimum absolute atomic E-state index is 0.387. The zero-order valence-corrected chi connectivity index (χ0v) is 17.2. The molecule has 0 heterocycles. The third-order valence-electron chi connectivity index (χ3n) is 4.40. The molecule has 0 N–H and O–H groups in total. The summed E-state index contributed by atoms with van der Waals surface area (Å²) < 4.78 is 26.4. The zero-order valence-electron chi connectivity index (χ0n) is 15.5. The van der Waals surface area contributed by atoms with Gasteiger partial charge in [0.25, 0.3) is 0 Å². The molecule has 5 nitrogen and oxygen atoms in total. The molecule has 1 unspecified atom stereocenters. The van der Waals surface area contributed by atoms with Crippen LogP contribution in [0.15, 0.2) is 0 Å². The predicted octanol–water partition coefficient (Wildman–Crippen LogP) is 5.42. The standard InChI is InChI=1S/C18H31N3O2P2/c1-2-3-13-24(22,14-7-4-10-19)17-18-25(23,15-8-5-11-20)16-9-6-12-21/h2-9,13-18H2,1H3. The summed E-state index contributed by atoms with van der Waals surface area (Å²) in [6, 6.07) is 6.27. The fourth-order valence-electron chi connectivity index (χ4n) is 2.82. The summed E-state index contributed by atoms with van der Waals surface area (Å²) in [6.45, 7) is 2.06. The highest BCUT2D eigenvalue weighted by Crippen LogP contribution is 2.54. The highest BCUT2D eigenvalue weighted by molar-refractivity contribution is 7.67. The van der Waals surface area contributed by atoms with E-state index in [4.69, 9.17) is 15.8 Å². The monoisotopic (exact) mass is 383 g/mol. The molecule has 0 aliphatic heterocycles. The van der Waals surface area contributed by atoms with Crippen LogP contribution in [0, 0.1) is 34.0 Å². The van der Waals surface area contributed by atoms with Gasteiger partial charge in [0.2, 0.25) is 0 Å². The Morgan fingerprint density at radius 2 is 0.920 bits per heavy atom. The summed E-state index contributed by atoms with van der Waals surface area (Å²) in [6.07, 6.45) is 8.12. The maximum absolute atomic E-state index is 13.2. The molecule has 0 aromatic carbocycles. The Labute approximate surface area is 153 Å². The lowest BCUT2D eigenvalue weighted by Crippen LogP contribution is -2.09. The van der Waals surface area contributed by atoms with Crippen LogP contribution in [-0.2, 0) is 9.13 Å². The molecule has 0 aromatic heterocycles. The number of nitriles is 3. The van der Waals surface area contributed by atoms with Gasteiger partial charge in [-0.2, -0.15) is 15.8 Å². The predicted molar refractivity (Wildman–Crippen MR) is 104 cm³/mol. The first kappa shape index (κ1) is 23.9. The van der Waals surface area contributed by atoms with E-state index in [-0.39, 0.29) is 0 Å². The van der Waals surface area contributed by atoms with Crippen molar-refractivity contribution < 1.29 is 9.13 Å². The quantitative estimate of drug-likeness (QED) is 0.277. The van der Waals surface area contributed by atoms with E-state index in [0.29, 0.717) is 75.5 Å². The maximum Gasteiger partial charge on any atom is 0.0882 e. The number of nitrogens with zero attached hydrogens (tertiary/aromatic N) is 3. The lowest BCUT2D eigenvalue weighted by Gasteiger charge is -2.22. The third kappa shape index (κ3) is 12.0. The summed E-state index contributed by atoms with van der Waals surface area (Å²) >= 11 is 0. The Bertz CT molecular complexity index is 561. The van der Waals surface area contributed by atoms with E-state index in [1.807, 2.05) is 0 Å². The van der Waals surface area contributed by atoms with Crippen LogP contribution in [0.2, 0.25) is 0 Å². The summed E-state index contributed by atoms with van der Waals surface area (Å²) in [5.74, 6) is 0. The molecular formula is C18H31N3O2P2. The summed E-state index contributed by atoms with van der Waals surface area (Å²) in [7, 11) is -4.88. The van der Waals surface area contributed by atoms with Crippen molar-refractivity contribution in [3.8, 4) is 18.2 Å². The third-order valence-corrected chi connectivity index (χ3v) is 11.4. The number of hydrogen-bond donors (Lipinski definition) is 0. The summed E-state index contributed by atoms with van der Waals surface area (Å²) in [4.78, 5) is 0. The normalized spacial score (nSPS) is 13.4. The molecule has 0 aliphatic carbocycles. The molecule has 0 fully saturated rings. The van der Waals surface area contributed by atoms with Gasteiger partial charge in [0, 0.05) is 56.2 Å². The number of unbranched alkanes of at least 4 members (excludes halogenated alkanes) is 4. The van der Waals surface area contributed by atoms with Crippen molar-refractivity contribution in [2.45, 2.75) is 58.3 Å². The molecule has 1 atom stereocenters. The van der Waals surface area contributed by atoms with E-state index >= 15 is 0 Å². The molecule has 0 saturated carbocycles. The first-order chi connectivity index (χ1) is 11.9. The molecule has 0 radical (unpaired) electrons. The van der Waals surface area contributed by atoms with Crippen molar-refractivity contribution in [1.82, 2.24) is 0 Å². The van der Waals surface area contributed by atoms with Gasteiger partial charge in [-0.15, -0.1) is 0 Å². The zero-order chi connectivity index (χ0) is 19.0. The molecule has 25 heavy (non-hydrogen) atoms. The molecule has 0 spiro atoms. The Hall–Kier alpha value is -1.07. The summed E-state index contributed by atoms with van der Waals surface area (Å²) in [5.41, 5.74) is 0. The number of rotatable bonds is 15. The largest absolute Gasteiger partial charge is 0.324 e. The molecular weight excluding hydrogens is 352 g/mol. The minimum atomic E-state index is -2.49. The average Bonchev–Trinajstić information content (AvgIpc) is 2.59. The van der Waals surface area contributed by atoms with Gasteiger partial charge in [-0.25, -0.2) is 0 Å². The molecule has 0 aliphatic rings. The van der Waals surface area contributed by atoms with Crippen LogP contribution >= 0.6 is 14.3 Å². The van der Waals surface area contributed by atoms with E-state index in [0.717, 1.165) is 12.8 Å². The first-order valence-corrected chi connectivity index (χ1v) is 13.7. The smallest absolute Gasteiger partial charge is 0.0882 e. The van der Waals surface area contributed by atoms with E-state index in [2.05, 4.69) is 25.1 Å². The van der Waals surface area contributed by atoms with Gasteiger partial charge >= 0.3 is 0 Å². The highest BCUT2D eigenvalue weighted by atomic mass is 31.2. The molecule has 0 amide bonds. The van der Waals surface area contributed by atoms with Gasteiger partial charge in [0.1, 0.15) is 0 Å². The van der Waals surface area contributed by atoms with Crippen LogP contribution in [-0.4, -0.2) is 37.0 Å². The van der Waals surface area contributed by atoms with E-state index in [9.17, 15) is 9.13 Å². The van der Waals surface area contributed by atoms with Crippen LogP contribution in [0.1, 0.15) is 58.3 Å². The second-order valence-corrected chi connectivity index (χ2v) is 13.5. The highest BCUT2D eigenvalue weighted by Gasteiger charge is 2.28. The first-order valence-electron chi connectivity index (χ1n) is 9.20. The van der Waals surface area contributed by atoms with Crippen molar-refractivity contribution in [3.63, 3.8) is 0 Å². The van der Waals surface area contributed by atoms with Gasteiger partial charge in [0.05, 0.1) is 32.5 Å². The van der Waals surface area contributed by atoms with Gasteiger partial charge < -0.3 is 9.13 Å². The van der Waals surface area contributed by atoms with Crippen LogP contribution in [0.25, 0.3) is 0 Å². The van der Waals surface area contributed by atoms with E-state index < -0.39 is 14.3 Å². The van der Waals surface area contributed by atoms with Crippen molar-refractivity contribution in [1.29, 1.82) is 15.8 Å². The Morgan fingerprint density at radius 1 is 0.600 bits per heavy atom. The minimum Gasteiger partial charge on any atom is -0.324 e.